The van der Waals surface area contributed by atoms with Crippen LogP contribution in [0.4, 0.5) is 0 Å². The van der Waals surface area contributed by atoms with E-state index in [-0.39, 0.29) is 18.4 Å². The number of fused-ring (bicyclic) bond motifs is 3. The van der Waals surface area contributed by atoms with Crippen molar-refractivity contribution < 1.29 is 9.59 Å². The monoisotopic (exact) mass is 355 g/mol. The third kappa shape index (κ3) is 3.92. The van der Waals surface area contributed by atoms with Crippen LogP contribution in [-0.2, 0) is 17.6 Å². The Morgan fingerprint density at radius 2 is 1.96 bits per heavy atom. The molecule has 1 aromatic carbocycles. The number of carbonyl (C=O) groups excluding carboxylic acids is 2. The molecule has 26 heavy (non-hydrogen) atoms. The van der Waals surface area contributed by atoms with E-state index in [2.05, 4.69) is 10.3 Å². The van der Waals surface area contributed by atoms with Gasteiger partial charge in [0.25, 0.3) is 5.91 Å². The van der Waals surface area contributed by atoms with Crippen LogP contribution in [0.25, 0.3) is 10.9 Å². The lowest BCUT2D eigenvalue weighted by atomic mass is 9.95. The molecule has 0 aliphatic heterocycles. The fourth-order valence-corrected chi connectivity index (χ4v) is 3.74. The van der Waals surface area contributed by atoms with Crippen LogP contribution in [0.5, 0.6) is 0 Å². The van der Waals surface area contributed by atoms with Crippen LogP contribution >= 0.6 is 0 Å². The van der Waals surface area contributed by atoms with Gasteiger partial charge < -0.3 is 15.2 Å². The highest BCUT2D eigenvalue weighted by molar-refractivity contribution is 6.00. The molecule has 2 aromatic rings. The highest BCUT2D eigenvalue weighted by Gasteiger charge is 2.21. The van der Waals surface area contributed by atoms with Crippen molar-refractivity contribution in [2.24, 2.45) is 0 Å². The van der Waals surface area contributed by atoms with Gasteiger partial charge in [-0.1, -0.05) is 13.8 Å². The number of carbonyl (C=O) groups is 2. The topological polar surface area (TPSA) is 65.2 Å². The molecule has 1 aromatic heterocycles. The van der Waals surface area contributed by atoms with Gasteiger partial charge in [0.15, 0.2) is 0 Å². The van der Waals surface area contributed by atoms with Gasteiger partial charge in [-0.3, -0.25) is 9.59 Å². The van der Waals surface area contributed by atoms with Gasteiger partial charge >= 0.3 is 0 Å². The third-order valence-corrected chi connectivity index (χ3v) is 5.03. The van der Waals surface area contributed by atoms with E-state index in [0.29, 0.717) is 18.7 Å². The fourth-order valence-electron chi connectivity index (χ4n) is 3.74. The number of hydrogen-bond acceptors (Lipinski definition) is 2. The minimum atomic E-state index is -0.0891. The maximum atomic E-state index is 13.0. The Kier molecular flexibility index (Phi) is 5.96. The smallest absolute Gasteiger partial charge is 0.254 e. The Morgan fingerprint density at radius 1 is 1.15 bits per heavy atom. The van der Waals surface area contributed by atoms with Crippen LogP contribution in [0.3, 0.4) is 0 Å². The van der Waals surface area contributed by atoms with Gasteiger partial charge in [-0.15, -0.1) is 0 Å². The summed E-state index contributed by atoms with van der Waals surface area (Å²) in [7, 11) is 0. The zero-order valence-corrected chi connectivity index (χ0v) is 15.9. The number of nitrogens with zero attached hydrogens (tertiary/aromatic N) is 1. The molecule has 0 atom stereocenters. The van der Waals surface area contributed by atoms with Crippen LogP contribution in [-0.4, -0.2) is 41.3 Å². The van der Waals surface area contributed by atoms with Gasteiger partial charge in [-0.25, -0.2) is 0 Å². The van der Waals surface area contributed by atoms with Crippen molar-refractivity contribution in [3.05, 3.63) is 35.0 Å². The minimum Gasteiger partial charge on any atom is -0.358 e. The van der Waals surface area contributed by atoms with E-state index in [1.807, 2.05) is 32.0 Å². The van der Waals surface area contributed by atoms with Crippen LogP contribution in [0.2, 0.25) is 0 Å². The van der Waals surface area contributed by atoms with Gasteiger partial charge in [-0.05, 0) is 62.3 Å². The molecule has 1 heterocycles. The molecule has 0 saturated carbocycles. The van der Waals surface area contributed by atoms with Crippen molar-refractivity contribution in [1.82, 2.24) is 15.2 Å². The molecule has 2 N–H and O–H groups in total. The Hall–Kier alpha value is -2.30. The molecular formula is C21H29N3O2. The summed E-state index contributed by atoms with van der Waals surface area (Å²) in [4.78, 5) is 30.2. The summed E-state index contributed by atoms with van der Waals surface area (Å²) in [6.45, 7) is 5.39. The van der Waals surface area contributed by atoms with Gasteiger partial charge in [0.1, 0.15) is 0 Å². The molecule has 0 radical (unpaired) electrons. The molecule has 0 saturated heterocycles. The molecule has 5 heteroatoms. The number of aromatic amines is 1. The number of H-pyrrole nitrogens is 1. The zero-order valence-electron chi connectivity index (χ0n) is 15.9. The number of benzene rings is 1. The average Bonchev–Trinajstić information content (AvgIpc) is 3.03. The first-order chi connectivity index (χ1) is 12.6. The summed E-state index contributed by atoms with van der Waals surface area (Å²) >= 11 is 0. The molecular weight excluding hydrogens is 326 g/mol. The van der Waals surface area contributed by atoms with Crippen molar-refractivity contribution in [2.75, 3.05) is 19.6 Å². The van der Waals surface area contributed by atoms with E-state index >= 15 is 0 Å². The number of nitrogens with one attached hydrogen (secondary N) is 2. The summed E-state index contributed by atoms with van der Waals surface area (Å²) in [5.41, 5.74) is 4.46. The minimum absolute atomic E-state index is 0.0637. The number of aryl methyl sites for hydroxylation is 2. The van der Waals surface area contributed by atoms with Crippen LogP contribution < -0.4 is 5.32 Å². The van der Waals surface area contributed by atoms with Crippen LogP contribution in [0.1, 0.15) is 61.1 Å². The van der Waals surface area contributed by atoms with Crippen LogP contribution in [0.15, 0.2) is 18.2 Å². The number of amides is 2. The summed E-state index contributed by atoms with van der Waals surface area (Å²) in [6, 6.07) is 5.88. The van der Waals surface area contributed by atoms with E-state index < -0.39 is 0 Å². The Labute approximate surface area is 155 Å². The maximum Gasteiger partial charge on any atom is 0.254 e. The van der Waals surface area contributed by atoms with E-state index in [1.54, 1.807) is 4.90 Å². The Balaban J connectivity index is 1.83. The average molecular weight is 355 g/mol. The van der Waals surface area contributed by atoms with E-state index in [1.165, 1.54) is 24.1 Å². The van der Waals surface area contributed by atoms with Crippen molar-refractivity contribution in [1.29, 1.82) is 0 Å². The second-order valence-corrected chi connectivity index (χ2v) is 7.13. The van der Waals surface area contributed by atoms with Crippen LogP contribution in [0, 0.1) is 0 Å². The molecule has 2 amide bonds. The first-order valence-corrected chi connectivity index (χ1v) is 9.83. The second kappa shape index (κ2) is 8.39. The molecule has 0 unspecified atom stereocenters. The lowest BCUT2D eigenvalue weighted by Gasteiger charge is -2.22. The highest BCUT2D eigenvalue weighted by atomic mass is 16.2. The van der Waals surface area contributed by atoms with Crippen molar-refractivity contribution in [2.45, 2.75) is 52.4 Å². The predicted molar refractivity (Wildman–Crippen MR) is 104 cm³/mol. The van der Waals surface area contributed by atoms with Gasteiger partial charge in [-0.2, -0.15) is 0 Å². The number of hydrogen-bond donors (Lipinski definition) is 2. The summed E-state index contributed by atoms with van der Waals surface area (Å²) < 4.78 is 0. The van der Waals surface area contributed by atoms with Gasteiger partial charge in [0.05, 0.1) is 6.54 Å². The first-order valence-electron chi connectivity index (χ1n) is 9.83. The highest BCUT2D eigenvalue weighted by Crippen LogP contribution is 2.30. The largest absolute Gasteiger partial charge is 0.358 e. The standard InChI is InChI=1S/C21H29N3O2/c1-3-11-22-20(25)14-24(12-4-2)21(26)15-9-10-19-17(13-15)16-7-5-6-8-18(16)23-19/h9-10,13,23H,3-8,11-12,14H2,1-2H3,(H,22,25). The van der Waals surface area contributed by atoms with Crippen molar-refractivity contribution in [3.63, 3.8) is 0 Å². The molecule has 140 valence electrons. The number of aromatic nitrogens is 1. The third-order valence-electron chi connectivity index (χ3n) is 5.03. The van der Waals surface area contributed by atoms with Crippen molar-refractivity contribution >= 4 is 22.7 Å². The molecule has 1 aliphatic rings. The Bertz CT molecular complexity index is 794. The first kappa shape index (κ1) is 18.5. The second-order valence-electron chi connectivity index (χ2n) is 7.13. The van der Waals surface area contributed by atoms with E-state index in [4.69, 9.17) is 0 Å². The molecule has 0 bridgehead atoms. The lowest BCUT2D eigenvalue weighted by Crippen LogP contribution is -2.41. The summed E-state index contributed by atoms with van der Waals surface area (Å²) in [6.07, 6.45) is 6.32. The SMILES string of the molecule is CCCNC(=O)CN(CCC)C(=O)c1ccc2[nH]c3c(c2c1)CCCC3. The maximum absolute atomic E-state index is 13.0. The predicted octanol–water partition coefficient (Wildman–Crippen LogP) is 3.43. The number of rotatable bonds is 7. The van der Waals surface area contributed by atoms with E-state index in [0.717, 1.165) is 36.6 Å². The summed E-state index contributed by atoms with van der Waals surface area (Å²) in [5.74, 6) is -0.153. The quantitative estimate of drug-likeness (QED) is 0.799. The lowest BCUT2D eigenvalue weighted by molar-refractivity contribution is -0.121. The molecule has 0 spiro atoms. The molecule has 5 nitrogen and oxygen atoms in total. The normalized spacial score (nSPS) is 13.5. The van der Waals surface area contributed by atoms with Gasteiger partial charge in [0.2, 0.25) is 5.91 Å². The van der Waals surface area contributed by atoms with E-state index in [9.17, 15) is 9.59 Å². The Morgan fingerprint density at radius 3 is 2.73 bits per heavy atom. The molecule has 0 fully saturated rings. The zero-order chi connectivity index (χ0) is 18.5. The van der Waals surface area contributed by atoms with Gasteiger partial charge in [0, 0.05) is 35.2 Å². The molecule has 1 aliphatic carbocycles. The summed E-state index contributed by atoms with van der Waals surface area (Å²) in [5, 5.41) is 4.02. The fraction of sp³-hybridized carbons (Fsp3) is 0.524. The van der Waals surface area contributed by atoms with Crippen molar-refractivity contribution in [3.8, 4) is 0 Å². The molecule has 3 rings (SSSR count).